The lowest BCUT2D eigenvalue weighted by Gasteiger charge is -2.19. The van der Waals surface area contributed by atoms with E-state index in [0.29, 0.717) is 12.1 Å². The molecule has 6 nitrogen and oxygen atoms in total. The van der Waals surface area contributed by atoms with Gasteiger partial charge in [-0.25, -0.2) is 4.98 Å². The van der Waals surface area contributed by atoms with E-state index in [9.17, 15) is 0 Å². The SMILES string of the molecule is C=N/C=C(\C=N)c1c[nH]c2nccc(NC(CN)CCCC)c12. The van der Waals surface area contributed by atoms with Crippen molar-refractivity contribution in [3.8, 4) is 0 Å². The van der Waals surface area contributed by atoms with E-state index in [1.165, 1.54) is 6.21 Å². The molecule has 1 unspecified atom stereocenters. The molecule has 0 bridgehead atoms. The van der Waals surface area contributed by atoms with Gasteiger partial charge in [-0.15, -0.1) is 0 Å². The highest BCUT2D eigenvalue weighted by Crippen LogP contribution is 2.30. The third-order valence-corrected chi connectivity index (χ3v) is 3.82. The lowest BCUT2D eigenvalue weighted by Crippen LogP contribution is -2.28. The van der Waals surface area contributed by atoms with Gasteiger partial charge in [0.25, 0.3) is 0 Å². The average Bonchev–Trinajstić information content (AvgIpc) is 3.01. The summed E-state index contributed by atoms with van der Waals surface area (Å²) in [6.07, 6.45) is 9.75. The number of nitrogens with two attached hydrogens (primary N) is 1. The molecule has 1 atom stereocenters. The first-order chi connectivity index (χ1) is 11.2. The van der Waals surface area contributed by atoms with Gasteiger partial charge in [0.2, 0.25) is 0 Å². The minimum absolute atomic E-state index is 0.216. The minimum atomic E-state index is 0.216. The lowest BCUT2D eigenvalue weighted by atomic mass is 10.1. The van der Waals surface area contributed by atoms with Crippen LogP contribution in [-0.2, 0) is 0 Å². The minimum Gasteiger partial charge on any atom is -0.380 e. The summed E-state index contributed by atoms with van der Waals surface area (Å²) in [5.41, 5.74) is 9.19. The third kappa shape index (κ3) is 3.84. The molecule has 0 aliphatic heterocycles. The van der Waals surface area contributed by atoms with Crippen LogP contribution in [0.4, 0.5) is 5.69 Å². The monoisotopic (exact) mass is 312 g/mol. The van der Waals surface area contributed by atoms with Crippen molar-refractivity contribution in [2.75, 3.05) is 11.9 Å². The van der Waals surface area contributed by atoms with Gasteiger partial charge in [0.1, 0.15) is 5.65 Å². The largest absolute Gasteiger partial charge is 0.380 e. The number of unbranched alkanes of at least 4 members (excludes halogenated alkanes) is 1. The molecule has 0 fully saturated rings. The van der Waals surface area contributed by atoms with Crippen molar-refractivity contribution in [2.45, 2.75) is 32.2 Å². The number of pyridine rings is 1. The smallest absolute Gasteiger partial charge is 0.139 e. The van der Waals surface area contributed by atoms with Gasteiger partial charge in [-0.05, 0) is 19.2 Å². The van der Waals surface area contributed by atoms with Gasteiger partial charge in [-0.3, -0.25) is 4.99 Å². The van der Waals surface area contributed by atoms with E-state index in [1.54, 1.807) is 12.4 Å². The van der Waals surface area contributed by atoms with Crippen LogP contribution in [-0.4, -0.2) is 35.5 Å². The lowest BCUT2D eigenvalue weighted by molar-refractivity contribution is 0.614. The number of hydrogen-bond donors (Lipinski definition) is 4. The quantitative estimate of drug-likeness (QED) is 0.535. The van der Waals surface area contributed by atoms with Gasteiger partial charge in [-0.1, -0.05) is 19.8 Å². The number of nitrogens with zero attached hydrogens (tertiary/aromatic N) is 2. The van der Waals surface area contributed by atoms with E-state index in [0.717, 1.165) is 41.5 Å². The molecule has 5 N–H and O–H groups in total. The number of anilines is 1. The molecule has 2 heterocycles. The molecule has 6 heteroatoms. The molecule has 0 aliphatic carbocycles. The second-order valence-electron chi connectivity index (χ2n) is 5.42. The molecule has 0 radical (unpaired) electrons. The summed E-state index contributed by atoms with van der Waals surface area (Å²) in [7, 11) is 0. The van der Waals surface area contributed by atoms with Crippen LogP contribution < -0.4 is 11.1 Å². The number of rotatable bonds is 9. The molecular weight excluding hydrogens is 288 g/mol. The second kappa shape index (κ2) is 8.24. The molecule has 122 valence electrons. The van der Waals surface area contributed by atoms with Crippen LogP contribution >= 0.6 is 0 Å². The highest BCUT2D eigenvalue weighted by atomic mass is 15.0. The van der Waals surface area contributed by atoms with Gasteiger partial charge in [0.05, 0.1) is 0 Å². The Hall–Kier alpha value is -2.47. The summed E-state index contributed by atoms with van der Waals surface area (Å²) in [6, 6.07) is 2.16. The molecule has 0 aliphatic rings. The fourth-order valence-electron chi connectivity index (χ4n) is 2.61. The predicted octanol–water partition coefficient (Wildman–Crippen LogP) is 3.18. The van der Waals surface area contributed by atoms with Gasteiger partial charge in [0.15, 0.2) is 0 Å². The van der Waals surface area contributed by atoms with Crippen molar-refractivity contribution >= 4 is 35.2 Å². The maximum absolute atomic E-state index is 7.60. The zero-order valence-corrected chi connectivity index (χ0v) is 13.5. The Kier molecular flexibility index (Phi) is 6.05. The Bertz CT molecular complexity index is 700. The van der Waals surface area contributed by atoms with E-state index >= 15 is 0 Å². The molecule has 2 rings (SSSR count). The van der Waals surface area contributed by atoms with E-state index < -0.39 is 0 Å². The topological polar surface area (TPSA) is 103 Å². The van der Waals surface area contributed by atoms with Crippen molar-refractivity contribution in [1.29, 1.82) is 5.41 Å². The summed E-state index contributed by atoms with van der Waals surface area (Å²) in [5.74, 6) is 0. The number of aromatic nitrogens is 2. The zero-order chi connectivity index (χ0) is 16.7. The van der Waals surface area contributed by atoms with Crippen molar-refractivity contribution in [3.05, 3.63) is 30.2 Å². The van der Waals surface area contributed by atoms with E-state index in [-0.39, 0.29) is 6.04 Å². The van der Waals surface area contributed by atoms with Crippen molar-refractivity contribution in [3.63, 3.8) is 0 Å². The Morgan fingerprint density at radius 3 is 3.09 bits per heavy atom. The van der Waals surface area contributed by atoms with Crippen LogP contribution in [0.2, 0.25) is 0 Å². The van der Waals surface area contributed by atoms with Crippen LogP contribution in [0.3, 0.4) is 0 Å². The standard InChI is InChI=1S/C17H24N6/c1-3-4-5-13(9-19)23-15-6-7-21-17-16(15)14(11-22-17)12(8-18)10-20-2/h6-8,10-11,13,18H,2-5,9,19H2,1H3,(H2,21,22,23)/b12-10+,18-8?. The van der Waals surface area contributed by atoms with E-state index in [2.05, 4.69) is 33.9 Å². The van der Waals surface area contributed by atoms with Gasteiger partial charge < -0.3 is 21.4 Å². The van der Waals surface area contributed by atoms with Gasteiger partial charge in [0, 0.05) is 59.6 Å². The Morgan fingerprint density at radius 2 is 2.43 bits per heavy atom. The maximum Gasteiger partial charge on any atom is 0.139 e. The first kappa shape index (κ1) is 16.9. The number of allylic oxidation sites excluding steroid dienone is 1. The summed E-state index contributed by atoms with van der Waals surface area (Å²) in [6.45, 7) is 6.22. The van der Waals surface area contributed by atoms with Crippen molar-refractivity contribution in [1.82, 2.24) is 9.97 Å². The molecule has 0 amide bonds. The summed E-state index contributed by atoms with van der Waals surface area (Å²) in [4.78, 5) is 11.3. The number of H-pyrrole nitrogens is 1. The summed E-state index contributed by atoms with van der Waals surface area (Å²) < 4.78 is 0. The summed E-state index contributed by atoms with van der Waals surface area (Å²) >= 11 is 0. The maximum atomic E-state index is 7.60. The average molecular weight is 312 g/mol. The molecular formula is C17H24N6. The number of hydrogen-bond acceptors (Lipinski definition) is 5. The first-order valence-corrected chi connectivity index (χ1v) is 7.84. The molecule has 2 aromatic heterocycles. The van der Waals surface area contributed by atoms with Crippen LogP contribution in [0.15, 0.2) is 29.7 Å². The number of nitrogens with one attached hydrogen (secondary N) is 3. The van der Waals surface area contributed by atoms with Crippen LogP contribution in [0.5, 0.6) is 0 Å². The highest BCUT2D eigenvalue weighted by Gasteiger charge is 2.14. The molecule has 0 spiro atoms. The zero-order valence-electron chi connectivity index (χ0n) is 13.5. The molecule has 23 heavy (non-hydrogen) atoms. The summed E-state index contributed by atoms with van der Waals surface area (Å²) in [5, 5.41) is 12.1. The van der Waals surface area contributed by atoms with E-state index in [4.69, 9.17) is 11.1 Å². The Morgan fingerprint density at radius 1 is 1.61 bits per heavy atom. The predicted molar refractivity (Wildman–Crippen MR) is 98.4 cm³/mol. The molecule has 2 aromatic rings. The van der Waals surface area contributed by atoms with E-state index in [1.807, 2.05) is 12.3 Å². The van der Waals surface area contributed by atoms with Crippen molar-refractivity contribution in [2.24, 2.45) is 10.7 Å². The van der Waals surface area contributed by atoms with Gasteiger partial charge >= 0.3 is 0 Å². The Balaban J connectivity index is 2.43. The second-order valence-corrected chi connectivity index (χ2v) is 5.42. The fraction of sp³-hybridized carbons (Fsp3) is 0.353. The highest BCUT2D eigenvalue weighted by molar-refractivity contribution is 6.15. The molecule has 0 aromatic carbocycles. The number of aliphatic imine (C=N–C) groups is 1. The Labute approximate surface area is 136 Å². The number of aromatic amines is 1. The molecule has 0 saturated carbocycles. The molecule has 0 saturated heterocycles. The van der Waals surface area contributed by atoms with Gasteiger partial charge in [-0.2, -0.15) is 0 Å². The first-order valence-electron chi connectivity index (χ1n) is 7.84. The fourth-order valence-corrected chi connectivity index (χ4v) is 2.61. The number of fused-ring (bicyclic) bond motifs is 1. The van der Waals surface area contributed by atoms with Crippen LogP contribution in [0.25, 0.3) is 16.6 Å². The van der Waals surface area contributed by atoms with Crippen molar-refractivity contribution < 1.29 is 0 Å². The van der Waals surface area contributed by atoms with Crippen LogP contribution in [0.1, 0.15) is 31.7 Å². The third-order valence-electron chi connectivity index (χ3n) is 3.82. The van der Waals surface area contributed by atoms with Crippen LogP contribution in [0, 0.1) is 5.41 Å². The normalized spacial score (nSPS) is 13.0.